The Labute approximate surface area is 153 Å². The van der Waals surface area contributed by atoms with Crippen LogP contribution in [0.1, 0.15) is 28.1 Å². The minimum absolute atomic E-state index is 0.265. The van der Waals surface area contributed by atoms with Crippen molar-refractivity contribution < 1.29 is 9.21 Å². The highest BCUT2D eigenvalue weighted by Gasteiger charge is 2.14. The lowest BCUT2D eigenvalue weighted by molar-refractivity contribution is 0.251. The van der Waals surface area contributed by atoms with Crippen LogP contribution >= 0.6 is 0 Å². The molecule has 0 bridgehead atoms. The third kappa shape index (κ3) is 3.77. The summed E-state index contributed by atoms with van der Waals surface area (Å²) in [6.45, 7) is 8.18. The van der Waals surface area contributed by atoms with E-state index in [1.165, 1.54) is 0 Å². The fourth-order valence-electron chi connectivity index (χ4n) is 2.74. The fourth-order valence-corrected chi connectivity index (χ4v) is 2.74. The molecule has 0 saturated carbocycles. The molecule has 2 amide bonds. The van der Waals surface area contributed by atoms with E-state index >= 15 is 0 Å². The first kappa shape index (κ1) is 17.7. The van der Waals surface area contributed by atoms with Crippen molar-refractivity contribution in [1.82, 2.24) is 10.3 Å². The van der Waals surface area contributed by atoms with Gasteiger partial charge < -0.3 is 15.1 Å². The first-order valence-corrected chi connectivity index (χ1v) is 8.59. The number of anilines is 1. The SMILES string of the molecule is Cc1ccccc1-c1nc(CNC(=O)Nc2cccc(C)c2C)c(C)o1. The summed E-state index contributed by atoms with van der Waals surface area (Å²) in [7, 11) is 0. The Morgan fingerprint density at radius 3 is 2.50 bits per heavy atom. The Morgan fingerprint density at radius 1 is 1.00 bits per heavy atom. The summed E-state index contributed by atoms with van der Waals surface area (Å²) in [6.07, 6.45) is 0. The molecule has 5 heteroatoms. The Balaban J connectivity index is 1.67. The van der Waals surface area contributed by atoms with E-state index < -0.39 is 0 Å². The van der Waals surface area contributed by atoms with Crippen molar-refractivity contribution in [2.24, 2.45) is 0 Å². The van der Waals surface area contributed by atoms with Gasteiger partial charge in [0.25, 0.3) is 0 Å². The number of carbonyl (C=O) groups is 1. The van der Waals surface area contributed by atoms with Crippen LogP contribution in [0.15, 0.2) is 46.9 Å². The fraction of sp³-hybridized carbons (Fsp3) is 0.238. The minimum Gasteiger partial charge on any atom is -0.441 e. The number of nitrogens with one attached hydrogen (secondary N) is 2. The molecule has 3 aromatic rings. The van der Waals surface area contributed by atoms with Gasteiger partial charge >= 0.3 is 6.03 Å². The molecule has 0 radical (unpaired) electrons. The average molecular weight is 349 g/mol. The molecule has 0 aliphatic carbocycles. The van der Waals surface area contributed by atoms with Crippen LogP contribution in [-0.4, -0.2) is 11.0 Å². The predicted octanol–water partition coefficient (Wildman–Crippen LogP) is 4.90. The molecule has 0 aliphatic rings. The lowest BCUT2D eigenvalue weighted by Gasteiger charge is -2.10. The second-order valence-electron chi connectivity index (χ2n) is 6.39. The van der Waals surface area contributed by atoms with Gasteiger partial charge in [-0.05, 0) is 56.5 Å². The molecule has 1 aromatic heterocycles. The molecule has 2 N–H and O–H groups in total. The van der Waals surface area contributed by atoms with Gasteiger partial charge in [-0.15, -0.1) is 0 Å². The zero-order valence-corrected chi connectivity index (χ0v) is 15.5. The van der Waals surface area contributed by atoms with E-state index in [9.17, 15) is 4.79 Å². The summed E-state index contributed by atoms with van der Waals surface area (Å²) in [5.41, 5.74) is 5.78. The molecule has 0 spiro atoms. The number of urea groups is 1. The van der Waals surface area contributed by atoms with Crippen LogP contribution in [0.25, 0.3) is 11.5 Å². The largest absolute Gasteiger partial charge is 0.441 e. The number of hydrogen-bond donors (Lipinski definition) is 2. The Morgan fingerprint density at radius 2 is 1.73 bits per heavy atom. The third-order valence-corrected chi connectivity index (χ3v) is 4.54. The topological polar surface area (TPSA) is 67.2 Å². The van der Waals surface area contributed by atoms with Crippen molar-refractivity contribution in [2.45, 2.75) is 34.2 Å². The minimum atomic E-state index is -0.265. The maximum Gasteiger partial charge on any atom is 0.319 e. The van der Waals surface area contributed by atoms with E-state index in [1.54, 1.807) is 0 Å². The van der Waals surface area contributed by atoms with Crippen LogP contribution in [0.2, 0.25) is 0 Å². The lowest BCUT2D eigenvalue weighted by Crippen LogP contribution is -2.28. The Kier molecular flexibility index (Phi) is 5.07. The second kappa shape index (κ2) is 7.44. The summed E-state index contributed by atoms with van der Waals surface area (Å²) in [5.74, 6) is 1.28. The molecule has 0 atom stereocenters. The molecule has 3 rings (SSSR count). The highest BCUT2D eigenvalue weighted by Crippen LogP contribution is 2.24. The van der Waals surface area contributed by atoms with Gasteiger partial charge in [0.05, 0.1) is 6.54 Å². The van der Waals surface area contributed by atoms with Crippen LogP contribution in [0.5, 0.6) is 0 Å². The zero-order chi connectivity index (χ0) is 18.7. The quantitative estimate of drug-likeness (QED) is 0.704. The van der Waals surface area contributed by atoms with Gasteiger partial charge in [0, 0.05) is 11.3 Å². The van der Waals surface area contributed by atoms with Gasteiger partial charge in [0.15, 0.2) is 0 Å². The first-order chi connectivity index (χ1) is 12.5. The number of benzene rings is 2. The zero-order valence-electron chi connectivity index (χ0n) is 15.5. The van der Waals surface area contributed by atoms with Crippen molar-refractivity contribution in [2.75, 3.05) is 5.32 Å². The number of carbonyl (C=O) groups excluding carboxylic acids is 1. The Bertz CT molecular complexity index is 944. The van der Waals surface area contributed by atoms with Crippen LogP contribution in [0, 0.1) is 27.7 Å². The van der Waals surface area contributed by atoms with Crippen LogP contribution in [0.4, 0.5) is 10.5 Å². The molecule has 0 fully saturated rings. The summed E-state index contributed by atoms with van der Waals surface area (Å²) < 4.78 is 5.78. The molecule has 0 saturated heterocycles. The normalized spacial score (nSPS) is 10.6. The van der Waals surface area contributed by atoms with Gasteiger partial charge in [-0.3, -0.25) is 0 Å². The average Bonchev–Trinajstić information content (AvgIpc) is 2.98. The number of aryl methyl sites for hydroxylation is 3. The van der Waals surface area contributed by atoms with E-state index in [1.807, 2.05) is 70.2 Å². The van der Waals surface area contributed by atoms with Crippen molar-refractivity contribution in [1.29, 1.82) is 0 Å². The van der Waals surface area contributed by atoms with Crippen molar-refractivity contribution >= 4 is 11.7 Å². The molecule has 1 heterocycles. The van der Waals surface area contributed by atoms with Crippen LogP contribution in [0.3, 0.4) is 0 Å². The lowest BCUT2D eigenvalue weighted by atomic mass is 10.1. The van der Waals surface area contributed by atoms with Gasteiger partial charge in [0.1, 0.15) is 11.5 Å². The van der Waals surface area contributed by atoms with Crippen LogP contribution in [-0.2, 0) is 6.54 Å². The monoisotopic (exact) mass is 349 g/mol. The molecule has 0 aliphatic heterocycles. The molecule has 5 nitrogen and oxygen atoms in total. The van der Waals surface area contributed by atoms with Gasteiger partial charge in [0.2, 0.25) is 5.89 Å². The first-order valence-electron chi connectivity index (χ1n) is 8.59. The number of rotatable bonds is 4. The number of oxazole rings is 1. The summed E-state index contributed by atoms with van der Waals surface area (Å²) >= 11 is 0. The molecule has 0 unspecified atom stereocenters. The summed E-state index contributed by atoms with van der Waals surface area (Å²) in [5, 5.41) is 5.72. The maximum atomic E-state index is 12.2. The van der Waals surface area contributed by atoms with E-state index in [-0.39, 0.29) is 6.03 Å². The number of amides is 2. The highest BCUT2D eigenvalue weighted by molar-refractivity contribution is 5.90. The van der Waals surface area contributed by atoms with Crippen molar-refractivity contribution in [3.63, 3.8) is 0 Å². The third-order valence-electron chi connectivity index (χ3n) is 4.54. The van der Waals surface area contributed by atoms with Gasteiger partial charge in [-0.1, -0.05) is 30.3 Å². The summed E-state index contributed by atoms with van der Waals surface area (Å²) in [4.78, 5) is 16.8. The summed E-state index contributed by atoms with van der Waals surface area (Å²) in [6, 6.07) is 13.5. The second-order valence-corrected chi connectivity index (χ2v) is 6.39. The molecular formula is C21H23N3O2. The smallest absolute Gasteiger partial charge is 0.319 e. The molecule has 134 valence electrons. The maximum absolute atomic E-state index is 12.2. The number of aromatic nitrogens is 1. The van der Waals surface area contributed by atoms with Crippen LogP contribution < -0.4 is 10.6 Å². The molecule has 2 aromatic carbocycles. The van der Waals surface area contributed by atoms with Crippen molar-refractivity contribution in [3.05, 3.63) is 70.6 Å². The van der Waals surface area contributed by atoms with E-state index in [2.05, 4.69) is 15.6 Å². The highest BCUT2D eigenvalue weighted by atomic mass is 16.4. The predicted molar refractivity (Wildman–Crippen MR) is 103 cm³/mol. The van der Waals surface area contributed by atoms with E-state index in [0.717, 1.165) is 33.6 Å². The molecular weight excluding hydrogens is 326 g/mol. The van der Waals surface area contributed by atoms with Gasteiger partial charge in [-0.25, -0.2) is 9.78 Å². The Hall–Kier alpha value is -3.08. The standard InChI is InChI=1S/C21H23N3O2/c1-13-9-7-11-18(15(13)3)24-21(25)22-12-19-16(4)26-20(23-19)17-10-6-5-8-14(17)2/h5-11H,12H2,1-4H3,(H2,22,24,25). The van der Waals surface area contributed by atoms with E-state index in [0.29, 0.717) is 18.2 Å². The number of hydrogen-bond acceptors (Lipinski definition) is 3. The molecule has 26 heavy (non-hydrogen) atoms. The van der Waals surface area contributed by atoms with Crippen molar-refractivity contribution in [3.8, 4) is 11.5 Å². The number of nitrogens with zero attached hydrogens (tertiary/aromatic N) is 1. The van der Waals surface area contributed by atoms with Gasteiger partial charge in [-0.2, -0.15) is 0 Å². The van der Waals surface area contributed by atoms with E-state index in [4.69, 9.17) is 4.42 Å².